The highest BCUT2D eigenvalue weighted by Gasteiger charge is 2.38. The number of nitrogens with zero attached hydrogens (tertiary/aromatic N) is 3. The van der Waals surface area contributed by atoms with E-state index in [1.54, 1.807) is 0 Å². The first-order valence-electron chi connectivity index (χ1n) is 9.56. The summed E-state index contributed by atoms with van der Waals surface area (Å²) in [5.74, 6) is 0.161. The van der Waals surface area contributed by atoms with Gasteiger partial charge in [-0.3, -0.25) is 9.59 Å². The van der Waals surface area contributed by atoms with Gasteiger partial charge in [0.25, 0.3) is 0 Å². The molecule has 1 aromatic heterocycles. The Balaban J connectivity index is 1.57. The number of likely N-dealkylation sites (tertiary alicyclic amines) is 1. The molecule has 0 aromatic carbocycles. The molecule has 2 heterocycles. The minimum Gasteiger partial charge on any atom is -0.339 e. The minimum absolute atomic E-state index is 0.0982. The fraction of sp³-hybridized carbons (Fsp3) is 0.778. The van der Waals surface area contributed by atoms with E-state index in [2.05, 4.69) is 29.4 Å². The maximum Gasteiger partial charge on any atom is 0.231 e. The lowest BCUT2D eigenvalue weighted by atomic mass is 9.94. The smallest absolute Gasteiger partial charge is 0.231 e. The van der Waals surface area contributed by atoms with Crippen LogP contribution in [-0.4, -0.2) is 39.5 Å². The van der Waals surface area contributed by atoms with Crippen LogP contribution in [0.4, 0.5) is 5.13 Å². The Morgan fingerprint density at radius 1 is 1.24 bits per heavy atom. The van der Waals surface area contributed by atoms with Crippen molar-refractivity contribution in [1.82, 2.24) is 15.1 Å². The third-order valence-electron chi connectivity index (χ3n) is 5.55. The quantitative estimate of drug-likeness (QED) is 0.837. The van der Waals surface area contributed by atoms with Crippen molar-refractivity contribution in [2.45, 2.75) is 77.2 Å². The van der Waals surface area contributed by atoms with Crippen LogP contribution in [0.25, 0.3) is 0 Å². The third-order valence-corrected chi connectivity index (χ3v) is 6.55. The number of nitrogens with one attached hydrogen (secondary N) is 1. The molecule has 1 aliphatic carbocycles. The second-order valence-corrected chi connectivity index (χ2v) is 8.20. The molecule has 0 spiro atoms. The zero-order valence-electron chi connectivity index (χ0n) is 15.2. The van der Waals surface area contributed by atoms with Crippen LogP contribution < -0.4 is 5.32 Å². The Morgan fingerprint density at radius 3 is 2.64 bits per heavy atom. The molecule has 2 aliphatic rings. The molecule has 3 rings (SSSR count). The molecule has 0 bridgehead atoms. The van der Waals surface area contributed by atoms with Gasteiger partial charge in [-0.05, 0) is 25.7 Å². The van der Waals surface area contributed by atoms with Gasteiger partial charge in [0.05, 0.1) is 5.92 Å². The molecule has 1 unspecified atom stereocenters. The molecule has 2 amide bonds. The summed E-state index contributed by atoms with van der Waals surface area (Å²) in [7, 11) is 0. The lowest BCUT2D eigenvalue weighted by Gasteiger charge is -2.31. The van der Waals surface area contributed by atoms with E-state index in [0.29, 0.717) is 30.1 Å². The molecule has 0 radical (unpaired) electrons. The van der Waals surface area contributed by atoms with Gasteiger partial charge in [-0.2, -0.15) is 0 Å². The molecule has 2 fully saturated rings. The van der Waals surface area contributed by atoms with E-state index in [-0.39, 0.29) is 17.7 Å². The van der Waals surface area contributed by atoms with E-state index in [1.807, 2.05) is 4.90 Å². The largest absolute Gasteiger partial charge is 0.339 e. The Kier molecular flexibility index (Phi) is 6.04. The number of rotatable bonds is 6. The van der Waals surface area contributed by atoms with Crippen LogP contribution in [0.15, 0.2) is 0 Å². The Hall–Kier alpha value is -1.50. The Morgan fingerprint density at radius 2 is 1.96 bits per heavy atom. The van der Waals surface area contributed by atoms with E-state index in [1.165, 1.54) is 30.6 Å². The zero-order chi connectivity index (χ0) is 17.8. The topological polar surface area (TPSA) is 75.2 Å². The predicted molar refractivity (Wildman–Crippen MR) is 98.6 cm³/mol. The maximum absolute atomic E-state index is 12.6. The van der Waals surface area contributed by atoms with Crippen LogP contribution >= 0.6 is 11.3 Å². The van der Waals surface area contributed by atoms with Crippen LogP contribution in [0.3, 0.4) is 0 Å². The highest BCUT2D eigenvalue weighted by atomic mass is 32.1. The van der Waals surface area contributed by atoms with Crippen LogP contribution in [0.1, 0.15) is 76.1 Å². The molecule has 1 N–H and O–H groups in total. The average molecular weight is 365 g/mol. The van der Waals surface area contributed by atoms with Gasteiger partial charge in [0.15, 0.2) is 0 Å². The summed E-state index contributed by atoms with van der Waals surface area (Å²) < 4.78 is 0. The van der Waals surface area contributed by atoms with E-state index in [0.717, 1.165) is 30.7 Å². The molecule has 6 nitrogen and oxygen atoms in total. The van der Waals surface area contributed by atoms with Crippen LogP contribution in [0, 0.1) is 5.92 Å². The number of carbonyl (C=O) groups is 2. The molecule has 1 saturated heterocycles. The normalized spacial score (nSPS) is 22.0. The monoisotopic (exact) mass is 364 g/mol. The Bertz CT molecular complexity index is 608. The van der Waals surface area contributed by atoms with Crippen LogP contribution in [-0.2, 0) is 9.59 Å². The van der Waals surface area contributed by atoms with Gasteiger partial charge in [-0.1, -0.05) is 44.4 Å². The van der Waals surface area contributed by atoms with Gasteiger partial charge >= 0.3 is 0 Å². The molecule has 138 valence electrons. The molecule has 1 saturated carbocycles. The standard InChI is InChI=1S/C18H28N4O2S/c1-3-12(4-2)17-20-21-18(25-17)19-16(24)13-10-15(23)22(11-13)14-8-6-5-7-9-14/h12-14H,3-11H2,1-2H3,(H,19,21,24). The fourth-order valence-electron chi connectivity index (χ4n) is 3.95. The summed E-state index contributed by atoms with van der Waals surface area (Å²) in [5, 5.41) is 12.7. The van der Waals surface area contributed by atoms with Crippen molar-refractivity contribution in [3.05, 3.63) is 5.01 Å². The number of anilines is 1. The summed E-state index contributed by atoms with van der Waals surface area (Å²) in [6.45, 7) is 4.82. The van der Waals surface area contributed by atoms with Gasteiger partial charge in [0.2, 0.25) is 16.9 Å². The predicted octanol–water partition coefficient (Wildman–Crippen LogP) is 3.56. The number of hydrogen-bond acceptors (Lipinski definition) is 5. The summed E-state index contributed by atoms with van der Waals surface area (Å²) >= 11 is 1.45. The first-order chi connectivity index (χ1) is 12.1. The first-order valence-corrected chi connectivity index (χ1v) is 10.4. The summed E-state index contributed by atoms with van der Waals surface area (Å²) in [6, 6.07) is 0.335. The SMILES string of the molecule is CCC(CC)c1nnc(NC(=O)C2CC(=O)N(C3CCCCC3)C2)s1. The third kappa shape index (κ3) is 4.19. The van der Waals surface area contributed by atoms with Gasteiger partial charge < -0.3 is 10.2 Å². The van der Waals surface area contributed by atoms with Crippen molar-refractivity contribution in [2.24, 2.45) is 5.92 Å². The summed E-state index contributed by atoms with van der Waals surface area (Å²) in [6.07, 6.45) is 8.16. The number of amides is 2. The second kappa shape index (κ2) is 8.25. The number of aromatic nitrogens is 2. The highest BCUT2D eigenvalue weighted by Crippen LogP contribution is 2.31. The highest BCUT2D eigenvalue weighted by molar-refractivity contribution is 7.15. The number of carbonyl (C=O) groups excluding carboxylic acids is 2. The fourth-order valence-corrected chi connectivity index (χ4v) is 4.96. The zero-order valence-corrected chi connectivity index (χ0v) is 16.0. The molecule has 1 atom stereocenters. The van der Waals surface area contributed by atoms with Crippen molar-refractivity contribution in [3.63, 3.8) is 0 Å². The van der Waals surface area contributed by atoms with Crippen LogP contribution in [0.5, 0.6) is 0 Å². The van der Waals surface area contributed by atoms with Crippen LogP contribution in [0.2, 0.25) is 0 Å². The van der Waals surface area contributed by atoms with Gasteiger partial charge in [-0.25, -0.2) is 0 Å². The van der Waals surface area contributed by atoms with Crippen molar-refractivity contribution in [1.29, 1.82) is 0 Å². The summed E-state index contributed by atoms with van der Waals surface area (Å²) in [5.41, 5.74) is 0. The average Bonchev–Trinajstić information content (AvgIpc) is 3.24. The van der Waals surface area contributed by atoms with Crippen molar-refractivity contribution >= 4 is 28.3 Å². The molecule has 25 heavy (non-hydrogen) atoms. The van der Waals surface area contributed by atoms with Gasteiger partial charge in [0, 0.05) is 24.9 Å². The minimum atomic E-state index is -0.269. The molecular weight excluding hydrogens is 336 g/mol. The van der Waals surface area contributed by atoms with E-state index in [9.17, 15) is 9.59 Å². The van der Waals surface area contributed by atoms with Crippen molar-refractivity contribution in [3.8, 4) is 0 Å². The van der Waals surface area contributed by atoms with Crippen molar-refractivity contribution < 1.29 is 9.59 Å². The van der Waals surface area contributed by atoms with E-state index < -0.39 is 0 Å². The lowest BCUT2D eigenvalue weighted by molar-refractivity contribution is -0.130. The molecular formula is C18H28N4O2S. The van der Waals surface area contributed by atoms with E-state index >= 15 is 0 Å². The maximum atomic E-state index is 12.6. The molecule has 7 heteroatoms. The number of hydrogen-bond donors (Lipinski definition) is 1. The van der Waals surface area contributed by atoms with Crippen molar-refractivity contribution in [2.75, 3.05) is 11.9 Å². The second-order valence-electron chi connectivity index (χ2n) is 7.19. The van der Waals surface area contributed by atoms with Gasteiger partial charge in [0.1, 0.15) is 5.01 Å². The lowest BCUT2D eigenvalue weighted by Crippen LogP contribution is -2.38. The molecule has 1 aromatic rings. The van der Waals surface area contributed by atoms with E-state index in [4.69, 9.17) is 0 Å². The first kappa shape index (κ1) is 18.3. The Labute approximate surface area is 153 Å². The van der Waals surface area contributed by atoms with Gasteiger partial charge in [-0.15, -0.1) is 10.2 Å². The molecule has 1 aliphatic heterocycles. The summed E-state index contributed by atoms with van der Waals surface area (Å²) in [4.78, 5) is 26.8.